The Bertz CT molecular complexity index is 3430. The summed E-state index contributed by atoms with van der Waals surface area (Å²) < 4.78 is 12.0. The molecule has 1 spiro atoms. The molecular formula is C54H33N3O. The number of aromatic nitrogens is 3. The van der Waals surface area contributed by atoms with Gasteiger partial charge in [0.05, 0.1) is 50.2 Å². The molecule has 0 bridgehead atoms. The fourth-order valence-electron chi connectivity index (χ4n) is 10.2. The van der Waals surface area contributed by atoms with Crippen LogP contribution in [0.15, 0.2) is 200 Å². The van der Waals surface area contributed by atoms with E-state index in [2.05, 4.69) is 209 Å². The van der Waals surface area contributed by atoms with Crippen molar-refractivity contribution in [3.63, 3.8) is 0 Å². The Morgan fingerprint density at radius 2 is 0.948 bits per heavy atom. The van der Waals surface area contributed by atoms with Crippen molar-refractivity contribution in [1.29, 1.82) is 0 Å². The summed E-state index contributed by atoms with van der Waals surface area (Å²) in [6.45, 7) is 0. The van der Waals surface area contributed by atoms with Crippen molar-refractivity contribution in [2.45, 2.75) is 5.41 Å². The van der Waals surface area contributed by atoms with Crippen LogP contribution in [0.1, 0.15) is 22.3 Å². The summed E-state index contributed by atoms with van der Waals surface area (Å²) in [5, 5.41) is 4.87. The first-order valence-corrected chi connectivity index (χ1v) is 19.9. The van der Waals surface area contributed by atoms with Crippen molar-refractivity contribution in [2.24, 2.45) is 0 Å². The maximum Gasteiger partial charge on any atom is 0.134 e. The monoisotopic (exact) mass is 739 g/mol. The van der Waals surface area contributed by atoms with Gasteiger partial charge in [-0.3, -0.25) is 0 Å². The van der Waals surface area contributed by atoms with Crippen LogP contribution in [0.2, 0.25) is 0 Å². The second-order valence-corrected chi connectivity index (χ2v) is 15.5. The predicted molar refractivity (Wildman–Crippen MR) is 236 cm³/mol. The zero-order valence-corrected chi connectivity index (χ0v) is 31.3. The average Bonchev–Trinajstić information content (AvgIpc) is 3.81. The van der Waals surface area contributed by atoms with E-state index in [1.165, 1.54) is 49.4 Å². The van der Waals surface area contributed by atoms with E-state index in [4.69, 9.17) is 9.72 Å². The quantitative estimate of drug-likeness (QED) is 0.181. The molecular weight excluding hydrogens is 707 g/mol. The lowest BCUT2D eigenvalue weighted by Crippen LogP contribution is -2.37. The van der Waals surface area contributed by atoms with Gasteiger partial charge >= 0.3 is 0 Å². The van der Waals surface area contributed by atoms with E-state index in [0.29, 0.717) is 0 Å². The lowest BCUT2D eigenvalue weighted by molar-refractivity contribution is 0.435. The number of hydrogen-bond acceptors (Lipinski definition) is 2. The van der Waals surface area contributed by atoms with Gasteiger partial charge in [-0.1, -0.05) is 152 Å². The van der Waals surface area contributed by atoms with Crippen LogP contribution in [0.25, 0.3) is 77.5 Å². The van der Waals surface area contributed by atoms with Crippen LogP contribution in [0.5, 0.6) is 11.5 Å². The molecule has 58 heavy (non-hydrogen) atoms. The van der Waals surface area contributed by atoms with Gasteiger partial charge in [-0.05, 0) is 53.6 Å². The predicted octanol–water partition coefficient (Wildman–Crippen LogP) is 13.4. The molecule has 3 aromatic heterocycles. The standard InChI is InChI=1S/C54H33N3O/c1-3-16-34(17-4-1)45-30-36(31-46(55-45)35-18-5-2-6-19-35)56-47-26-11-8-21-38(47)40-32-44-52(33-50(40)56)58-51-29-14-10-24-42(51)54(44)41-23-9-13-28-49(41)57-48-27-12-7-20-37(48)39-22-15-25-43(54)53(39)57/h1-33H. The number of pyridine rings is 1. The molecule has 11 aromatic rings. The molecule has 270 valence electrons. The third-order valence-electron chi connectivity index (χ3n) is 12.5. The van der Waals surface area contributed by atoms with Gasteiger partial charge in [0.2, 0.25) is 0 Å². The largest absolute Gasteiger partial charge is 0.457 e. The minimum absolute atomic E-state index is 0.653. The molecule has 0 amide bonds. The fraction of sp³-hybridized carbons (Fsp3) is 0.0185. The van der Waals surface area contributed by atoms with E-state index in [1.807, 2.05) is 0 Å². The normalized spacial score (nSPS) is 15.1. The highest BCUT2D eigenvalue weighted by atomic mass is 16.5. The highest BCUT2D eigenvalue weighted by Crippen LogP contribution is 2.61. The van der Waals surface area contributed by atoms with Gasteiger partial charge < -0.3 is 13.9 Å². The van der Waals surface area contributed by atoms with Gasteiger partial charge in [-0.15, -0.1) is 0 Å². The lowest BCUT2D eigenvalue weighted by atomic mass is 9.61. The van der Waals surface area contributed by atoms with E-state index < -0.39 is 5.41 Å². The van der Waals surface area contributed by atoms with Crippen molar-refractivity contribution >= 4 is 43.6 Å². The average molecular weight is 740 g/mol. The number of fused-ring (bicyclic) bond motifs is 14. The minimum Gasteiger partial charge on any atom is -0.457 e. The molecule has 0 saturated heterocycles. The van der Waals surface area contributed by atoms with E-state index in [0.717, 1.165) is 61.9 Å². The van der Waals surface area contributed by atoms with Gasteiger partial charge in [0.25, 0.3) is 0 Å². The molecule has 2 aliphatic heterocycles. The Kier molecular flexibility index (Phi) is 6.34. The smallest absolute Gasteiger partial charge is 0.134 e. The Labute approximate surface area is 334 Å². The number of nitrogens with zero attached hydrogens (tertiary/aromatic N) is 3. The van der Waals surface area contributed by atoms with Crippen molar-refractivity contribution in [1.82, 2.24) is 14.1 Å². The maximum atomic E-state index is 7.11. The second kappa shape index (κ2) is 11.7. The Morgan fingerprint density at radius 3 is 1.69 bits per heavy atom. The summed E-state index contributed by atoms with van der Waals surface area (Å²) >= 11 is 0. The summed E-state index contributed by atoms with van der Waals surface area (Å²) in [6, 6.07) is 72.2. The Balaban J connectivity index is 1.16. The number of ether oxygens (including phenoxy) is 1. The Hall–Kier alpha value is -7.69. The molecule has 0 fully saturated rings. The first-order chi connectivity index (χ1) is 28.8. The van der Waals surface area contributed by atoms with Crippen LogP contribution in [0, 0.1) is 0 Å². The van der Waals surface area contributed by atoms with Crippen LogP contribution in [0.4, 0.5) is 0 Å². The number of para-hydroxylation sites is 5. The molecule has 5 heterocycles. The maximum absolute atomic E-state index is 7.11. The van der Waals surface area contributed by atoms with Crippen molar-refractivity contribution in [2.75, 3.05) is 0 Å². The number of rotatable bonds is 3. The van der Waals surface area contributed by atoms with E-state index in [1.54, 1.807) is 0 Å². The summed E-state index contributed by atoms with van der Waals surface area (Å²) in [6.07, 6.45) is 0. The zero-order valence-electron chi connectivity index (χ0n) is 31.3. The first-order valence-electron chi connectivity index (χ1n) is 19.9. The van der Waals surface area contributed by atoms with Crippen LogP contribution in [0.3, 0.4) is 0 Å². The van der Waals surface area contributed by atoms with Crippen LogP contribution < -0.4 is 4.74 Å². The van der Waals surface area contributed by atoms with Gasteiger partial charge in [-0.2, -0.15) is 0 Å². The molecule has 0 N–H and O–H groups in total. The van der Waals surface area contributed by atoms with Gasteiger partial charge in [0, 0.05) is 49.9 Å². The number of hydrogen-bond donors (Lipinski definition) is 0. The van der Waals surface area contributed by atoms with E-state index in [-0.39, 0.29) is 0 Å². The van der Waals surface area contributed by atoms with E-state index >= 15 is 0 Å². The van der Waals surface area contributed by atoms with Gasteiger partial charge in [0.1, 0.15) is 11.5 Å². The summed E-state index contributed by atoms with van der Waals surface area (Å²) in [5.41, 5.74) is 15.0. The third kappa shape index (κ3) is 4.10. The topological polar surface area (TPSA) is 32.0 Å². The number of benzene rings is 8. The molecule has 4 heteroatoms. The molecule has 0 radical (unpaired) electrons. The lowest BCUT2D eigenvalue weighted by Gasteiger charge is -2.45. The highest BCUT2D eigenvalue weighted by Gasteiger charge is 2.50. The molecule has 4 nitrogen and oxygen atoms in total. The molecule has 0 saturated carbocycles. The minimum atomic E-state index is -0.653. The van der Waals surface area contributed by atoms with Crippen molar-refractivity contribution in [3.05, 3.63) is 222 Å². The van der Waals surface area contributed by atoms with E-state index in [9.17, 15) is 0 Å². The highest BCUT2D eigenvalue weighted by molar-refractivity contribution is 6.13. The fourth-order valence-corrected chi connectivity index (χ4v) is 10.2. The molecule has 0 aliphatic carbocycles. The first kappa shape index (κ1) is 31.5. The molecule has 8 aromatic carbocycles. The molecule has 1 unspecified atom stereocenters. The summed E-state index contributed by atoms with van der Waals surface area (Å²) in [5.74, 6) is 1.72. The zero-order chi connectivity index (χ0) is 38.0. The summed E-state index contributed by atoms with van der Waals surface area (Å²) in [7, 11) is 0. The van der Waals surface area contributed by atoms with Crippen LogP contribution in [-0.2, 0) is 5.41 Å². The molecule has 13 rings (SSSR count). The van der Waals surface area contributed by atoms with Crippen molar-refractivity contribution in [3.8, 4) is 45.4 Å². The summed E-state index contributed by atoms with van der Waals surface area (Å²) in [4.78, 5) is 5.23. The van der Waals surface area contributed by atoms with Gasteiger partial charge in [0.15, 0.2) is 0 Å². The second-order valence-electron chi connectivity index (χ2n) is 15.5. The van der Waals surface area contributed by atoms with Crippen LogP contribution in [-0.4, -0.2) is 14.1 Å². The van der Waals surface area contributed by atoms with Crippen LogP contribution >= 0.6 is 0 Å². The molecule has 2 aliphatic rings. The SMILES string of the molecule is c1ccc(-c2cc(-n3c4ccccc4c4cc5c(cc43)Oc3ccccc3C53c4ccccc4-n4c5ccccc5c5cccc3c54)cc(-c3ccccc3)n2)cc1. The van der Waals surface area contributed by atoms with Gasteiger partial charge in [-0.25, -0.2) is 4.98 Å². The molecule has 1 atom stereocenters. The third-order valence-corrected chi connectivity index (χ3v) is 12.5. The van der Waals surface area contributed by atoms with Crippen molar-refractivity contribution < 1.29 is 4.74 Å². The Morgan fingerprint density at radius 1 is 0.379 bits per heavy atom.